The van der Waals surface area contributed by atoms with Gasteiger partial charge in [0.05, 0.1) is 0 Å². The van der Waals surface area contributed by atoms with E-state index in [4.69, 9.17) is 11.6 Å². The minimum atomic E-state index is 0.787. The molecular formula is C13H17ClN4. The first kappa shape index (κ1) is 13.1. The van der Waals surface area contributed by atoms with Crippen LogP contribution in [0.15, 0.2) is 24.5 Å². The van der Waals surface area contributed by atoms with Gasteiger partial charge in [0.15, 0.2) is 0 Å². The Morgan fingerprint density at radius 1 is 1.39 bits per heavy atom. The largest absolute Gasteiger partial charge is 0.321 e. The van der Waals surface area contributed by atoms with Crippen LogP contribution >= 0.6 is 11.6 Å². The summed E-state index contributed by atoms with van der Waals surface area (Å²) < 4.78 is 1.94. The highest BCUT2D eigenvalue weighted by molar-refractivity contribution is 6.30. The Labute approximate surface area is 112 Å². The molecule has 0 aliphatic heterocycles. The Balaban J connectivity index is 1.80. The fourth-order valence-electron chi connectivity index (χ4n) is 1.81. The van der Waals surface area contributed by atoms with Crippen molar-refractivity contribution in [2.24, 2.45) is 7.05 Å². The molecule has 0 spiro atoms. The van der Waals surface area contributed by atoms with E-state index < -0.39 is 0 Å². The van der Waals surface area contributed by atoms with Crippen LogP contribution in [-0.2, 0) is 20.0 Å². The van der Waals surface area contributed by atoms with E-state index in [9.17, 15) is 0 Å². The number of hydrogen-bond donors (Lipinski definition) is 1. The Kier molecular flexibility index (Phi) is 4.33. The second kappa shape index (κ2) is 5.98. The zero-order chi connectivity index (χ0) is 13.0. The molecule has 0 aliphatic carbocycles. The molecule has 0 fully saturated rings. The third-order valence-electron chi connectivity index (χ3n) is 2.95. The third kappa shape index (κ3) is 3.31. The minimum absolute atomic E-state index is 0.787. The van der Waals surface area contributed by atoms with Gasteiger partial charge in [-0.3, -0.25) is 0 Å². The number of nitrogens with zero attached hydrogens (tertiary/aromatic N) is 3. The monoisotopic (exact) mass is 264 g/mol. The van der Waals surface area contributed by atoms with E-state index in [2.05, 4.69) is 28.5 Å². The first-order chi connectivity index (χ1) is 8.66. The van der Waals surface area contributed by atoms with Crippen molar-refractivity contribution >= 4 is 11.6 Å². The van der Waals surface area contributed by atoms with E-state index in [1.807, 2.05) is 23.7 Å². The van der Waals surface area contributed by atoms with Crippen LogP contribution in [0, 0.1) is 6.92 Å². The first-order valence-electron chi connectivity index (χ1n) is 5.95. The lowest BCUT2D eigenvalue weighted by atomic mass is 10.1. The van der Waals surface area contributed by atoms with Crippen LogP contribution in [0.3, 0.4) is 0 Å². The van der Waals surface area contributed by atoms with Crippen molar-refractivity contribution in [2.45, 2.75) is 19.9 Å². The molecular weight excluding hydrogens is 248 g/mol. The lowest BCUT2D eigenvalue weighted by Gasteiger charge is -2.08. The molecule has 96 valence electrons. The summed E-state index contributed by atoms with van der Waals surface area (Å²) in [6, 6.07) is 5.97. The van der Waals surface area contributed by atoms with E-state index in [1.54, 1.807) is 6.33 Å². The van der Waals surface area contributed by atoms with Gasteiger partial charge in [-0.2, -0.15) is 0 Å². The molecule has 1 N–H and O–H groups in total. The quantitative estimate of drug-likeness (QED) is 0.841. The third-order valence-corrected chi connectivity index (χ3v) is 3.19. The predicted octanol–water partition coefficient (Wildman–Crippen LogP) is 2.11. The SMILES string of the molecule is Cc1cc(Cl)ccc1CNCCc1nncn1C. The molecule has 0 unspecified atom stereocenters. The molecule has 0 saturated heterocycles. The van der Waals surface area contributed by atoms with Crippen molar-refractivity contribution in [1.82, 2.24) is 20.1 Å². The van der Waals surface area contributed by atoms with Gasteiger partial charge in [-0.1, -0.05) is 17.7 Å². The van der Waals surface area contributed by atoms with E-state index >= 15 is 0 Å². The summed E-state index contributed by atoms with van der Waals surface area (Å²) in [7, 11) is 1.96. The lowest BCUT2D eigenvalue weighted by molar-refractivity contribution is 0.652. The standard InChI is InChI=1S/C13H17ClN4/c1-10-7-12(14)4-3-11(10)8-15-6-5-13-17-16-9-18(13)2/h3-4,7,9,15H,5-6,8H2,1-2H3. The van der Waals surface area contributed by atoms with Crippen molar-refractivity contribution in [3.8, 4) is 0 Å². The van der Waals surface area contributed by atoms with E-state index in [0.717, 1.165) is 30.4 Å². The Morgan fingerprint density at radius 3 is 2.89 bits per heavy atom. The normalized spacial score (nSPS) is 10.8. The molecule has 18 heavy (non-hydrogen) atoms. The first-order valence-corrected chi connectivity index (χ1v) is 6.33. The van der Waals surface area contributed by atoms with Gasteiger partial charge >= 0.3 is 0 Å². The average Bonchev–Trinajstić information content (AvgIpc) is 2.73. The van der Waals surface area contributed by atoms with Crippen LogP contribution in [-0.4, -0.2) is 21.3 Å². The van der Waals surface area contributed by atoms with Crippen molar-refractivity contribution in [2.75, 3.05) is 6.54 Å². The number of rotatable bonds is 5. The molecule has 1 aromatic carbocycles. The maximum Gasteiger partial charge on any atom is 0.133 e. The molecule has 0 bridgehead atoms. The van der Waals surface area contributed by atoms with Crippen molar-refractivity contribution in [1.29, 1.82) is 0 Å². The number of hydrogen-bond acceptors (Lipinski definition) is 3. The molecule has 0 amide bonds. The zero-order valence-electron chi connectivity index (χ0n) is 10.7. The summed E-state index contributed by atoms with van der Waals surface area (Å²) in [4.78, 5) is 0. The minimum Gasteiger partial charge on any atom is -0.321 e. The van der Waals surface area contributed by atoms with Gasteiger partial charge in [0.2, 0.25) is 0 Å². The summed E-state index contributed by atoms with van der Waals surface area (Å²) in [5.74, 6) is 0.996. The zero-order valence-corrected chi connectivity index (χ0v) is 11.4. The molecule has 1 aromatic heterocycles. The number of aryl methyl sites for hydroxylation is 2. The number of halogens is 1. The smallest absolute Gasteiger partial charge is 0.133 e. The van der Waals surface area contributed by atoms with Gasteiger partial charge in [-0.05, 0) is 30.2 Å². The van der Waals surface area contributed by atoms with Crippen molar-refractivity contribution < 1.29 is 0 Å². The maximum atomic E-state index is 5.92. The van der Waals surface area contributed by atoms with Gasteiger partial charge in [0, 0.05) is 31.6 Å². The second-order valence-electron chi connectivity index (χ2n) is 4.36. The molecule has 5 heteroatoms. The van der Waals surface area contributed by atoms with Gasteiger partial charge in [0.25, 0.3) is 0 Å². The summed E-state index contributed by atoms with van der Waals surface area (Å²) in [5.41, 5.74) is 2.49. The molecule has 0 atom stereocenters. The highest BCUT2D eigenvalue weighted by Crippen LogP contribution is 2.14. The van der Waals surface area contributed by atoms with Crippen LogP contribution in [0.25, 0.3) is 0 Å². The van der Waals surface area contributed by atoms with Gasteiger partial charge < -0.3 is 9.88 Å². The maximum absolute atomic E-state index is 5.92. The summed E-state index contributed by atoms with van der Waals surface area (Å²) in [5, 5.41) is 12.1. The van der Waals surface area contributed by atoms with Crippen LogP contribution in [0.4, 0.5) is 0 Å². The van der Waals surface area contributed by atoms with Crippen molar-refractivity contribution in [3.05, 3.63) is 46.5 Å². The highest BCUT2D eigenvalue weighted by Gasteiger charge is 2.01. The molecule has 2 rings (SSSR count). The predicted molar refractivity (Wildman–Crippen MR) is 72.6 cm³/mol. The van der Waals surface area contributed by atoms with Crippen LogP contribution in [0.1, 0.15) is 17.0 Å². The van der Waals surface area contributed by atoms with Crippen molar-refractivity contribution in [3.63, 3.8) is 0 Å². The summed E-state index contributed by atoms with van der Waals surface area (Å²) in [6.07, 6.45) is 2.60. The number of benzene rings is 1. The Morgan fingerprint density at radius 2 is 2.22 bits per heavy atom. The van der Waals surface area contributed by atoms with Gasteiger partial charge in [-0.25, -0.2) is 0 Å². The van der Waals surface area contributed by atoms with E-state index in [0.29, 0.717) is 0 Å². The molecule has 0 aliphatic rings. The number of aromatic nitrogens is 3. The second-order valence-corrected chi connectivity index (χ2v) is 4.79. The summed E-state index contributed by atoms with van der Waals surface area (Å²) in [6.45, 7) is 3.81. The Bertz CT molecular complexity index is 521. The lowest BCUT2D eigenvalue weighted by Crippen LogP contribution is -2.18. The van der Waals surface area contributed by atoms with Gasteiger partial charge in [-0.15, -0.1) is 10.2 Å². The number of nitrogens with one attached hydrogen (secondary N) is 1. The average molecular weight is 265 g/mol. The fraction of sp³-hybridized carbons (Fsp3) is 0.385. The van der Waals surface area contributed by atoms with Crippen LogP contribution < -0.4 is 5.32 Å². The van der Waals surface area contributed by atoms with E-state index in [1.165, 1.54) is 11.1 Å². The highest BCUT2D eigenvalue weighted by atomic mass is 35.5. The Hall–Kier alpha value is -1.39. The molecule has 0 saturated carbocycles. The summed E-state index contributed by atoms with van der Waals surface area (Å²) >= 11 is 5.92. The van der Waals surface area contributed by atoms with E-state index in [-0.39, 0.29) is 0 Å². The van der Waals surface area contributed by atoms with Crippen LogP contribution in [0.5, 0.6) is 0 Å². The molecule has 2 aromatic rings. The molecule has 4 nitrogen and oxygen atoms in total. The van der Waals surface area contributed by atoms with Crippen LogP contribution in [0.2, 0.25) is 5.02 Å². The molecule has 1 heterocycles. The topological polar surface area (TPSA) is 42.7 Å². The van der Waals surface area contributed by atoms with Gasteiger partial charge in [0.1, 0.15) is 12.2 Å². The fourth-order valence-corrected chi connectivity index (χ4v) is 2.04. The molecule has 0 radical (unpaired) electrons.